The number of nitrogens with one attached hydrogen (secondary N) is 2. The van der Waals surface area contributed by atoms with Crippen LogP contribution >= 0.6 is 0 Å². The van der Waals surface area contributed by atoms with Gasteiger partial charge in [0.05, 0.1) is 0 Å². The Morgan fingerprint density at radius 3 is 2.31 bits per heavy atom. The molecule has 0 atom stereocenters. The molecule has 3 rings (SSSR count). The van der Waals surface area contributed by atoms with Gasteiger partial charge in [-0.15, -0.1) is 0 Å². The summed E-state index contributed by atoms with van der Waals surface area (Å²) in [6.07, 6.45) is 2.28. The van der Waals surface area contributed by atoms with Crippen molar-refractivity contribution in [3.63, 3.8) is 0 Å². The molecule has 0 radical (unpaired) electrons. The van der Waals surface area contributed by atoms with E-state index in [0.29, 0.717) is 31.4 Å². The number of anilines is 1. The lowest BCUT2D eigenvalue weighted by atomic mass is 10.0. The molecule has 26 heavy (non-hydrogen) atoms. The van der Waals surface area contributed by atoms with Gasteiger partial charge in [-0.05, 0) is 48.9 Å². The Kier molecular flexibility index (Phi) is 5.35. The monoisotopic (exact) mass is 354 g/mol. The molecular weight excluding hydrogens is 331 g/mol. The number of para-hydroxylation sites is 1. The molecule has 0 bridgehead atoms. The summed E-state index contributed by atoms with van der Waals surface area (Å²) in [5, 5.41) is 5.69. The molecule has 0 saturated heterocycles. The summed E-state index contributed by atoms with van der Waals surface area (Å²) in [5.41, 5.74) is 1.36. The Hall–Kier alpha value is -2.69. The maximum absolute atomic E-state index is 13.6. The number of carbonyl (C=O) groups is 2. The fourth-order valence-corrected chi connectivity index (χ4v) is 3.06. The second-order valence-electron chi connectivity index (χ2n) is 6.64. The summed E-state index contributed by atoms with van der Waals surface area (Å²) in [5.74, 6) is -0.820. The topological polar surface area (TPSA) is 58.2 Å². The third-order valence-electron chi connectivity index (χ3n) is 4.90. The minimum absolute atomic E-state index is 0.262. The highest BCUT2D eigenvalue weighted by molar-refractivity contribution is 6.13. The zero-order valence-electron chi connectivity index (χ0n) is 14.8. The molecule has 4 nitrogen and oxygen atoms in total. The molecule has 0 spiro atoms. The van der Waals surface area contributed by atoms with Crippen molar-refractivity contribution in [2.75, 3.05) is 11.9 Å². The number of hydrogen-bond acceptors (Lipinski definition) is 2. The van der Waals surface area contributed by atoms with E-state index in [1.807, 2.05) is 31.2 Å². The highest BCUT2D eigenvalue weighted by Gasteiger charge is 2.56. The average Bonchev–Trinajstić information content (AvgIpc) is 3.46. The van der Waals surface area contributed by atoms with Gasteiger partial charge < -0.3 is 10.6 Å². The standard InChI is InChI=1S/C21H23FN2O2/c1-2-15-7-4-6-10-18(15)24-20(26)21(12-13-21)19(25)23-14-11-16-8-3-5-9-17(16)22/h3-10H,2,11-14H2,1H3,(H,23,25)(H,24,26). The Morgan fingerprint density at radius 2 is 1.65 bits per heavy atom. The summed E-state index contributed by atoms with van der Waals surface area (Å²) in [6, 6.07) is 14.1. The summed E-state index contributed by atoms with van der Waals surface area (Å²) >= 11 is 0. The van der Waals surface area contributed by atoms with E-state index < -0.39 is 5.41 Å². The molecule has 2 N–H and O–H groups in total. The van der Waals surface area contributed by atoms with E-state index in [1.54, 1.807) is 18.2 Å². The van der Waals surface area contributed by atoms with Crippen LogP contribution in [0.15, 0.2) is 48.5 Å². The molecule has 0 heterocycles. The normalized spacial score (nSPS) is 14.5. The number of aryl methyl sites for hydroxylation is 1. The predicted octanol–water partition coefficient (Wildman–Crippen LogP) is 3.47. The summed E-state index contributed by atoms with van der Waals surface area (Å²) < 4.78 is 13.6. The van der Waals surface area contributed by atoms with Crippen molar-refractivity contribution in [2.45, 2.75) is 32.6 Å². The number of halogens is 1. The Bertz CT molecular complexity index is 815. The van der Waals surface area contributed by atoms with Crippen LogP contribution in [-0.4, -0.2) is 18.4 Å². The van der Waals surface area contributed by atoms with E-state index in [0.717, 1.165) is 17.7 Å². The third kappa shape index (κ3) is 3.77. The maximum atomic E-state index is 13.6. The van der Waals surface area contributed by atoms with Crippen LogP contribution in [0.2, 0.25) is 0 Å². The lowest BCUT2D eigenvalue weighted by molar-refractivity contribution is -0.134. The lowest BCUT2D eigenvalue weighted by Gasteiger charge is -2.17. The Labute approximate surface area is 152 Å². The predicted molar refractivity (Wildman–Crippen MR) is 99.2 cm³/mol. The van der Waals surface area contributed by atoms with E-state index in [9.17, 15) is 14.0 Å². The van der Waals surface area contributed by atoms with Gasteiger partial charge in [0.25, 0.3) is 0 Å². The van der Waals surface area contributed by atoms with E-state index in [-0.39, 0.29) is 17.6 Å². The third-order valence-corrected chi connectivity index (χ3v) is 4.90. The van der Waals surface area contributed by atoms with Crippen LogP contribution < -0.4 is 10.6 Å². The van der Waals surface area contributed by atoms with Crippen molar-refractivity contribution < 1.29 is 14.0 Å². The number of hydrogen-bond donors (Lipinski definition) is 2. The van der Waals surface area contributed by atoms with Crippen molar-refractivity contribution in [3.8, 4) is 0 Å². The molecular formula is C21H23FN2O2. The fraction of sp³-hybridized carbons (Fsp3) is 0.333. The first-order valence-corrected chi connectivity index (χ1v) is 8.98. The quantitative estimate of drug-likeness (QED) is 0.748. The molecule has 2 amide bonds. The van der Waals surface area contributed by atoms with Gasteiger partial charge >= 0.3 is 0 Å². The number of benzene rings is 2. The summed E-state index contributed by atoms with van der Waals surface area (Å²) in [6.45, 7) is 2.33. The molecule has 0 unspecified atom stereocenters. The first-order valence-electron chi connectivity index (χ1n) is 8.98. The van der Waals surface area contributed by atoms with E-state index in [4.69, 9.17) is 0 Å². The molecule has 2 aromatic carbocycles. The summed E-state index contributed by atoms with van der Waals surface area (Å²) in [7, 11) is 0. The molecule has 136 valence electrons. The summed E-state index contributed by atoms with van der Waals surface area (Å²) in [4.78, 5) is 25.2. The van der Waals surface area contributed by atoms with Crippen LogP contribution in [0.1, 0.15) is 30.9 Å². The molecule has 0 aromatic heterocycles. The van der Waals surface area contributed by atoms with Crippen molar-refractivity contribution in [3.05, 3.63) is 65.5 Å². The molecule has 1 fully saturated rings. The maximum Gasteiger partial charge on any atom is 0.240 e. The van der Waals surface area contributed by atoms with Gasteiger partial charge in [-0.1, -0.05) is 43.3 Å². The smallest absolute Gasteiger partial charge is 0.240 e. The SMILES string of the molecule is CCc1ccccc1NC(=O)C1(C(=O)NCCc2ccccc2F)CC1. The van der Waals surface area contributed by atoms with E-state index in [2.05, 4.69) is 10.6 Å². The highest BCUT2D eigenvalue weighted by atomic mass is 19.1. The van der Waals surface area contributed by atoms with E-state index >= 15 is 0 Å². The van der Waals surface area contributed by atoms with Crippen molar-refractivity contribution >= 4 is 17.5 Å². The Morgan fingerprint density at radius 1 is 1.00 bits per heavy atom. The molecule has 0 aliphatic heterocycles. The van der Waals surface area contributed by atoms with Gasteiger partial charge in [-0.2, -0.15) is 0 Å². The lowest BCUT2D eigenvalue weighted by Crippen LogP contribution is -2.40. The van der Waals surface area contributed by atoms with Gasteiger partial charge in [-0.25, -0.2) is 4.39 Å². The van der Waals surface area contributed by atoms with Crippen molar-refractivity contribution in [1.82, 2.24) is 5.32 Å². The number of rotatable bonds is 7. The van der Waals surface area contributed by atoms with E-state index in [1.165, 1.54) is 6.07 Å². The first-order chi connectivity index (χ1) is 12.6. The fourth-order valence-electron chi connectivity index (χ4n) is 3.06. The molecule has 1 aliphatic carbocycles. The molecule has 2 aromatic rings. The van der Waals surface area contributed by atoms with Crippen LogP contribution in [0.4, 0.5) is 10.1 Å². The van der Waals surface area contributed by atoms with Gasteiger partial charge in [0.1, 0.15) is 11.2 Å². The average molecular weight is 354 g/mol. The Balaban J connectivity index is 1.58. The van der Waals surface area contributed by atoms with Crippen LogP contribution in [0.5, 0.6) is 0 Å². The van der Waals surface area contributed by atoms with Gasteiger partial charge in [0, 0.05) is 12.2 Å². The van der Waals surface area contributed by atoms with Crippen LogP contribution in [0.3, 0.4) is 0 Å². The highest BCUT2D eigenvalue weighted by Crippen LogP contribution is 2.47. The zero-order chi connectivity index (χ0) is 18.6. The second kappa shape index (κ2) is 7.68. The largest absolute Gasteiger partial charge is 0.355 e. The molecule has 5 heteroatoms. The zero-order valence-corrected chi connectivity index (χ0v) is 14.8. The van der Waals surface area contributed by atoms with Crippen molar-refractivity contribution in [2.24, 2.45) is 5.41 Å². The molecule has 1 aliphatic rings. The second-order valence-corrected chi connectivity index (χ2v) is 6.64. The van der Waals surface area contributed by atoms with Crippen LogP contribution in [0.25, 0.3) is 0 Å². The number of amides is 2. The van der Waals surface area contributed by atoms with Crippen LogP contribution in [0, 0.1) is 11.2 Å². The minimum atomic E-state index is -0.990. The van der Waals surface area contributed by atoms with Gasteiger partial charge in [0.2, 0.25) is 11.8 Å². The van der Waals surface area contributed by atoms with Crippen LogP contribution in [-0.2, 0) is 22.4 Å². The minimum Gasteiger partial charge on any atom is -0.355 e. The molecule has 1 saturated carbocycles. The first kappa shape index (κ1) is 18.1. The number of carbonyl (C=O) groups excluding carboxylic acids is 2. The van der Waals surface area contributed by atoms with Gasteiger partial charge in [-0.3, -0.25) is 9.59 Å². The van der Waals surface area contributed by atoms with Crippen molar-refractivity contribution in [1.29, 1.82) is 0 Å². The van der Waals surface area contributed by atoms with Gasteiger partial charge in [0.15, 0.2) is 0 Å².